The topological polar surface area (TPSA) is 26.0 Å². The van der Waals surface area contributed by atoms with Crippen LogP contribution in [0.15, 0.2) is 18.2 Å². The molecule has 1 nitrogen and oxygen atoms in total. The van der Waals surface area contributed by atoms with Crippen LogP contribution in [0.5, 0.6) is 0 Å². The van der Waals surface area contributed by atoms with E-state index in [1.807, 2.05) is 0 Å². The highest BCUT2D eigenvalue weighted by atomic mass is 14.7. The first-order chi connectivity index (χ1) is 7.81. The maximum atomic E-state index is 5.83. The van der Waals surface area contributed by atoms with Crippen LogP contribution >= 0.6 is 0 Å². The molecule has 0 unspecified atom stereocenters. The molecule has 0 heterocycles. The Labute approximate surface area is 98.0 Å². The van der Waals surface area contributed by atoms with Gasteiger partial charge in [-0.3, -0.25) is 0 Å². The first-order valence-electron chi connectivity index (χ1n) is 6.67. The van der Waals surface area contributed by atoms with Crippen molar-refractivity contribution in [1.29, 1.82) is 0 Å². The van der Waals surface area contributed by atoms with E-state index in [1.165, 1.54) is 50.5 Å². The van der Waals surface area contributed by atoms with Gasteiger partial charge >= 0.3 is 0 Å². The number of rotatable bonds is 2. The molecule has 0 aromatic heterocycles. The summed E-state index contributed by atoms with van der Waals surface area (Å²) in [5.74, 6) is 0.858. The van der Waals surface area contributed by atoms with E-state index in [0.717, 1.165) is 5.92 Å². The van der Waals surface area contributed by atoms with E-state index in [1.54, 1.807) is 11.1 Å². The van der Waals surface area contributed by atoms with E-state index in [9.17, 15) is 0 Å². The molecule has 16 heavy (non-hydrogen) atoms. The molecule has 0 saturated heterocycles. The van der Waals surface area contributed by atoms with Crippen LogP contribution in [0.2, 0.25) is 0 Å². The Morgan fingerprint density at radius 3 is 2.56 bits per heavy atom. The van der Waals surface area contributed by atoms with Crippen molar-refractivity contribution in [2.45, 2.75) is 51.0 Å². The minimum absolute atomic E-state index is 0.489. The molecule has 3 rings (SSSR count). The highest BCUT2D eigenvalue weighted by Gasteiger charge is 2.25. The maximum absolute atomic E-state index is 5.83. The van der Waals surface area contributed by atoms with E-state index in [4.69, 9.17) is 5.73 Å². The lowest BCUT2D eigenvalue weighted by molar-refractivity contribution is 0.264. The molecule has 0 atom stereocenters. The molecule has 0 aliphatic heterocycles. The lowest BCUT2D eigenvalue weighted by Gasteiger charge is -2.32. The Bertz CT molecular complexity index is 377. The number of benzene rings is 1. The largest absolute Gasteiger partial charge is 0.328 e. The maximum Gasteiger partial charge on any atom is 0.00443 e. The van der Waals surface area contributed by atoms with E-state index in [-0.39, 0.29) is 0 Å². The van der Waals surface area contributed by atoms with Gasteiger partial charge in [0.1, 0.15) is 0 Å². The normalized spacial score (nSPS) is 28.3. The quantitative estimate of drug-likeness (QED) is 0.806. The van der Waals surface area contributed by atoms with Crippen molar-refractivity contribution in [2.75, 3.05) is 0 Å². The molecule has 1 heteroatoms. The predicted molar refractivity (Wildman–Crippen MR) is 67.5 cm³/mol. The van der Waals surface area contributed by atoms with Crippen LogP contribution in [-0.4, -0.2) is 6.04 Å². The molecule has 1 fully saturated rings. The van der Waals surface area contributed by atoms with E-state index < -0.39 is 0 Å². The van der Waals surface area contributed by atoms with Crippen molar-refractivity contribution in [1.82, 2.24) is 0 Å². The summed E-state index contributed by atoms with van der Waals surface area (Å²) in [6.45, 7) is 0. The Morgan fingerprint density at radius 1 is 1.06 bits per heavy atom. The first kappa shape index (κ1) is 10.3. The molecule has 2 N–H and O–H groups in total. The summed E-state index contributed by atoms with van der Waals surface area (Å²) in [7, 11) is 0. The van der Waals surface area contributed by atoms with Gasteiger partial charge < -0.3 is 5.73 Å². The van der Waals surface area contributed by atoms with Crippen LogP contribution in [0.25, 0.3) is 0 Å². The molecule has 1 saturated carbocycles. The molecular weight excluding hydrogens is 194 g/mol. The molecule has 0 amide bonds. The zero-order valence-corrected chi connectivity index (χ0v) is 9.91. The van der Waals surface area contributed by atoms with Gasteiger partial charge in [0.2, 0.25) is 0 Å². The first-order valence-corrected chi connectivity index (χ1v) is 6.67. The second-order valence-corrected chi connectivity index (χ2v) is 5.61. The van der Waals surface area contributed by atoms with Crippen molar-refractivity contribution in [3.05, 3.63) is 34.9 Å². The summed E-state index contributed by atoms with van der Waals surface area (Å²) < 4.78 is 0. The Balaban J connectivity index is 1.71. The molecule has 1 aromatic rings. The van der Waals surface area contributed by atoms with Gasteiger partial charge in [-0.25, -0.2) is 0 Å². The molecular formula is C15H21N. The highest BCUT2D eigenvalue weighted by Crippen LogP contribution is 2.30. The molecule has 0 spiro atoms. The minimum atomic E-state index is 0.489. The average molecular weight is 215 g/mol. The van der Waals surface area contributed by atoms with Gasteiger partial charge in [-0.05, 0) is 67.6 Å². The second kappa shape index (κ2) is 4.21. The number of hydrogen-bond acceptors (Lipinski definition) is 1. The number of hydrogen-bond donors (Lipinski definition) is 1. The summed E-state index contributed by atoms with van der Waals surface area (Å²) in [6, 6.07) is 7.65. The van der Waals surface area contributed by atoms with E-state index in [0.29, 0.717) is 6.04 Å². The zero-order valence-electron chi connectivity index (χ0n) is 9.91. The van der Waals surface area contributed by atoms with Crippen LogP contribution in [0.4, 0.5) is 0 Å². The fourth-order valence-corrected chi connectivity index (χ4v) is 3.20. The third-order valence-corrected chi connectivity index (χ3v) is 4.21. The van der Waals surface area contributed by atoms with Crippen LogP contribution in [0, 0.1) is 5.92 Å². The molecule has 0 bridgehead atoms. The van der Waals surface area contributed by atoms with Crippen molar-refractivity contribution < 1.29 is 0 Å². The molecule has 86 valence electrons. The number of fused-ring (bicyclic) bond motifs is 1. The highest BCUT2D eigenvalue weighted by molar-refractivity contribution is 5.34. The summed E-state index contributed by atoms with van der Waals surface area (Å²) in [5, 5.41) is 0. The number of aryl methyl sites for hydroxylation is 2. The van der Waals surface area contributed by atoms with Gasteiger partial charge in [0, 0.05) is 6.04 Å². The Hall–Kier alpha value is -0.820. The lowest BCUT2D eigenvalue weighted by Crippen LogP contribution is -2.37. The van der Waals surface area contributed by atoms with Gasteiger partial charge in [0.15, 0.2) is 0 Å². The van der Waals surface area contributed by atoms with Crippen molar-refractivity contribution in [3.63, 3.8) is 0 Å². The Morgan fingerprint density at radius 2 is 1.81 bits per heavy atom. The summed E-state index contributed by atoms with van der Waals surface area (Å²) in [5.41, 5.74) is 10.6. The monoisotopic (exact) mass is 215 g/mol. The summed E-state index contributed by atoms with van der Waals surface area (Å²) >= 11 is 0. The van der Waals surface area contributed by atoms with Crippen LogP contribution in [0.3, 0.4) is 0 Å². The molecule has 0 radical (unpaired) electrons. The minimum Gasteiger partial charge on any atom is -0.328 e. The zero-order chi connectivity index (χ0) is 11.0. The molecule has 2 aliphatic rings. The molecule has 2 aliphatic carbocycles. The van der Waals surface area contributed by atoms with Crippen LogP contribution < -0.4 is 5.73 Å². The van der Waals surface area contributed by atoms with E-state index >= 15 is 0 Å². The van der Waals surface area contributed by atoms with Gasteiger partial charge in [-0.15, -0.1) is 0 Å². The van der Waals surface area contributed by atoms with Gasteiger partial charge in [-0.1, -0.05) is 18.2 Å². The predicted octanol–water partition coefficient (Wildman–Crippen LogP) is 2.85. The fourth-order valence-electron chi connectivity index (χ4n) is 3.20. The summed E-state index contributed by atoms with van der Waals surface area (Å²) in [6.07, 6.45) is 9.07. The smallest absolute Gasteiger partial charge is 0.00443 e. The van der Waals surface area contributed by atoms with E-state index in [2.05, 4.69) is 18.2 Å². The third-order valence-electron chi connectivity index (χ3n) is 4.21. The van der Waals surface area contributed by atoms with Crippen molar-refractivity contribution in [3.8, 4) is 0 Å². The summed E-state index contributed by atoms with van der Waals surface area (Å²) in [4.78, 5) is 0. The van der Waals surface area contributed by atoms with Crippen molar-refractivity contribution in [2.24, 2.45) is 11.7 Å². The van der Waals surface area contributed by atoms with Gasteiger partial charge in [0.05, 0.1) is 0 Å². The Kier molecular flexibility index (Phi) is 2.72. The standard InChI is InChI=1S/C15H21N/c16-15-9-12(10-15)7-11-5-6-13-3-1-2-4-14(13)8-11/h5-6,8,12,15H,1-4,7,9-10,16H2. The van der Waals surface area contributed by atoms with Crippen LogP contribution in [0.1, 0.15) is 42.4 Å². The molecule has 1 aromatic carbocycles. The van der Waals surface area contributed by atoms with Crippen molar-refractivity contribution >= 4 is 0 Å². The average Bonchev–Trinajstić information content (AvgIpc) is 2.27. The van der Waals surface area contributed by atoms with Gasteiger partial charge in [0.25, 0.3) is 0 Å². The van der Waals surface area contributed by atoms with Crippen LogP contribution in [-0.2, 0) is 19.3 Å². The third kappa shape index (κ3) is 2.01. The fraction of sp³-hybridized carbons (Fsp3) is 0.600. The second-order valence-electron chi connectivity index (χ2n) is 5.61. The SMILES string of the molecule is NC1CC(Cc2ccc3c(c2)CCCC3)C1. The lowest BCUT2D eigenvalue weighted by atomic mass is 9.76. The number of nitrogens with two attached hydrogens (primary N) is 1. The van der Waals surface area contributed by atoms with Gasteiger partial charge in [-0.2, -0.15) is 0 Å².